The largest absolute Gasteiger partial charge is 0.369 e. The van der Waals surface area contributed by atoms with Crippen LogP contribution in [0.2, 0.25) is 10.0 Å². The van der Waals surface area contributed by atoms with E-state index in [0.717, 1.165) is 46.4 Å². The van der Waals surface area contributed by atoms with Gasteiger partial charge in [-0.2, -0.15) is 0 Å². The maximum Gasteiger partial charge on any atom is 0.251 e. The summed E-state index contributed by atoms with van der Waals surface area (Å²) >= 11 is 12.0. The minimum atomic E-state index is -0.123. The zero-order valence-corrected chi connectivity index (χ0v) is 19.9. The van der Waals surface area contributed by atoms with Crippen molar-refractivity contribution in [3.05, 3.63) is 87.8 Å². The standard InChI is InChI=1S/C26H24Cl2N4O2/c27-21-6-3-16(12-22(21)28)7-9-31-26(33)17-4-5-18-20(14-32-23(18)13-17)19-2-1-8-30-25(19)24-15-29-10-11-34-24/h1-6,8,12-14,24,29,32H,7,9-11,15H2,(H,31,33). The maximum atomic E-state index is 12.7. The van der Waals surface area contributed by atoms with Gasteiger partial charge in [0.15, 0.2) is 0 Å². The molecule has 1 aliphatic heterocycles. The molecule has 0 spiro atoms. The second-order valence-electron chi connectivity index (χ2n) is 8.22. The lowest BCUT2D eigenvalue weighted by Crippen LogP contribution is -2.34. The van der Waals surface area contributed by atoms with Crippen molar-refractivity contribution in [2.24, 2.45) is 0 Å². The third-order valence-corrected chi connectivity index (χ3v) is 6.73. The molecule has 34 heavy (non-hydrogen) atoms. The molecular formula is C26H24Cl2N4O2. The second kappa shape index (κ2) is 10.2. The number of aromatic nitrogens is 2. The summed E-state index contributed by atoms with van der Waals surface area (Å²) in [5.41, 5.74) is 5.49. The summed E-state index contributed by atoms with van der Waals surface area (Å²) in [6, 6.07) is 15.2. The van der Waals surface area contributed by atoms with E-state index in [1.807, 2.05) is 42.6 Å². The van der Waals surface area contributed by atoms with Crippen molar-refractivity contribution in [1.82, 2.24) is 20.6 Å². The van der Waals surface area contributed by atoms with Gasteiger partial charge in [-0.3, -0.25) is 9.78 Å². The van der Waals surface area contributed by atoms with Gasteiger partial charge in [0.25, 0.3) is 5.91 Å². The highest BCUT2D eigenvalue weighted by Gasteiger charge is 2.22. The van der Waals surface area contributed by atoms with Crippen LogP contribution < -0.4 is 10.6 Å². The van der Waals surface area contributed by atoms with Crippen LogP contribution in [0.4, 0.5) is 0 Å². The Bertz CT molecular complexity index is 1330. The number of morpholine rings is 1. The van der Waals surface area contributed by atoms with Gasteiger partial charge in [-0.1, -0.05) is 41.4 Å². The number of halogens is 2. The lowest BCUT2D eigenvalue weighted by molar-refractivity contribution is 0.0254. The number of pyridine rings is 1. The number of fused-ring (bicyclic) bond motifs is 1. The van der Waals surface area contributed by atoms with Gasteiger partial charge < -0.3 is 20.4 Å². The van der Waals surface area contributed by atoms with E-state index in [-0.39, 0.29) is 12.0 Å². The molecule has 4 aromatic rings. The minimum Gasteiger partial charge on any atom is -0.369 e. The minimum absolute atomic E-state index is 0.0875. The first-order valence-electron chi connectivity index (χ1n) is 11.2. The van der Waals surface area contributed by atoms with E-state index in [1.54, 1.807) is 12.3 Å². The number of carbonyl (C=O) groups excluding carboxylic acids is 1. The van der Waals surface area contributed by atoms with E-state index in [1.165, 1.54) is 0 Å². The predicted octanol–water partition coefficient (Wildman–Crippen LogP) is 5.17. The fraction of sp³-hybridized carbons (Fsp3) is 0.231. The molecule has 5 rings (SSSR count). The van der Waals surface area contributed by atoms with E-state index >= 15 is 0 Å². The monoisotopic (exact) mass is 494 g/mol. The van der Waals surface area contributed by atoms with Gasteiger partial charge in [-0.15, -0.1) is 0 Å². The second-order valence-corrected chi connectivity index (χ2v) is 9.03. The number of nitrogens with one attached hydrogen (secondary N) is 3. The third-order valence-electron chi connectivity index (χ3n) is 5.99. The smallest absolute Gasteiger partial charge is 0.251 e. The van der Waals surface area contributed by atoms with Crippen LogP contribution >= 0.6 is 23.2 Å². The topological polar surface area (TPSA) is 79.0 Å². The van der Waals surface area contributed by atoms with Crippen molar-refractivity contribution in [2.45, 2.75) is 12.5 Å². The summed E-state index contributed by atoms with van der Waals surface area (Å²) in [7, 11) is 0. The molecule has 1 unspecified atom stereocenters. The Kier molecular flexibility index (Phi) is 6.83. The van der Waals surface area contributed by atoms with Gasteiger partial charge >= 0.3 is 0 Å². The van der Waals surface area contributed by atoms with Gasteiger partial charge in [-0.05, 0) is 42.3 Å². The molecule has 0 radical (unpaired) electrons. The summed E-state index contributed by atoms with van der Waals surface area (Å²) in [6.45, 7) is 2.75. The number of carbonyl (C=O) groups is 1. The van der Waals surface area contributed by atoms with Crippen molar-refractivity contribution < 1.29 is 9.53 Å². The van der Waals surface area contributed by atoms with Crippen LogP contribution in [0.15, 0.2) is 60.9 Å². The SMILES string of the molecule is O=C(NCCc1ccc(Cl)c(Cl)c1)c1ccc2c(-c3cccnc3C3CNCCO3)c[nH]c2c1. The Hall–Kier alpha value is -2.90. The lowest BCUT2D eigenvalue weighted by Gasteiger charge is -2.24. The summed E-state index contributed by atoms with van der Waals surface area (Å²) in [5.74, 6) is -0.123. The fourth-order valence-corrected chi connectivity index (χ4v) is 4.57. The van der Waals surface area contributed by atoms with Crippen molar-refractivity contribution in [3.63, 3.8) is 0 Å². The zero-order valence-electron chi connectivity index (χ0n) is 18.4. The Morgan fingerprint density at radius 1 is 1.12 bits per heavy atom. The number of benzene rings is 2. The third kappa shape index (κ3) is 4.81. The van der Waals surface area contributed by atoms with Crippen LogP contribution in [0.5, 0.6) is 0 Å². The van der Waals surface area contributed by atoms with Crippen LogP contribution in [0.1, 0.15) is 27.7 Å². The van der Waals surface area contributed by atoms with Crippen LogP contribution in [0, 0.1) is 0 Å². The fourth-order valence-electron chi connectivity index (χ4n) is 4.25. The Labute approximate surface area is 207 Å². The summed E-state index contributed by atoms with van der Waals surface area (Å²) < 4.78 is 5.95. The highest BCUT2D eigenvalue weighted by molar-refractivity contribution is 6.42. The highest BCUT2D eigenvalue weighted by Crippen LogP contribution is 2.34. The number of aromatic amines is 1. The zero-order chi connectivity index (χ0) is 23.5. The number of nitrogens with zero attached hydrogens (tertiary/aromatic N) is 1. The van der Waals surface area contributed by atoms with Crippen LogP contribution in [-0.2, 0) is 11.2 Å². The predicted molar refractivity (Wildman–Crippen MR) is 136 cm³/mol. The van der Waals surface area contributed by atoms with E-state index in [9.17, 15) is 4.79 Å². The molecule has 8 heteroatoms. The molecule has 0 bridgehead atoms. The first kappa shape index (κ1) is 22.9. The van der Waals surface area contributed by atoms with E-state index in [2.05, 4.69) is 26.7 Å². The van der Waals surface area contributed by atoms with Gasteiger partial charge in [0.2, 0.25) is 0 Å². The van der Waals surface area contributed by atoms with E-state index < -0.39 is 0 Å². The lowest BCUT2D eigenvalue weighted by atomic mass is 9.99. The van der Waals surface area contributed by atoms with Crippen LogP contribution in [0.3, 0.4) is 0 Å². The summed E-state index contributed by atoms with van der Waals surface area (Å²) in [4.78, 5) is 20.7. The van der Waals surface area contributed by atoms with Crippen LogP contribution in [0.25, 0.3) is 22.0 Å². The molecule has 1 aliphatic rings. The molecule has 2 aromatic heterocycles. The number of rotatable bonds is 6. The normalized spacial score (nSPS) is 16.0. The number of hydrogen-bond donors (Lipinski definition) is 3. The highest BCUT2D eigenvalue weighted by atomic mass is 35.5. The molecule has 6 nitrogen and oxygen atoms in total. The molecule has 0 saturated carbocycles. The summed E-state index contributed by atoms with van der Waals surface area (Å²) in [5, 5.41) is 8.41. The Morgan fingerprint density at radius 2 is 2.03 bits per heavy atom. The molecule has 1 amide bonds. The van der Waals surface area contributed by atoms with E-state index in [4.69, 9.17) is 27.9 Å². The molecule has 1 atom stereocenters. The van der Waals surface area contributed by atoms with Crippen molar-refractivity contribution in [3.8, 4) is 11.1 Å². The first-order valence-corrected chi connectivity index (χ1v) is 12.0. The van der Waals surface area contributed by atoms with Crippen LogP contribution in [-0.4, -0.2) is 42.1 Å². The molecular weight excluding hydrogens is 471 g/mol. The van der Waals surface area contributed by atoms with Gasteiger partial charge in [0.05, 0.1) is 22.3 Å². The molecule has 1 saturated heterocycles. The number of hydrogen-bond acceptors (Lipinski definition) is 4. The molecule has 3 heterocycles. The first-order chi connectivity index (χ1) is 16.6. The average Bonchev–Trinajstić information content (AvgIpc) is 3.30. The molecule has 2 aromatic carbocycles. The molecule has 174 valence electrons. The molecule has 0 aliphatic carbocycles. The number of ether oxygens (including phenoxy) is 1. The summed E-state index contributed by atoms with van der Waals surface area (Å²) in [6.07, 6.45) is 4.34. The van der Waals surface area contributed by atoms with Crippen molar-refractivity contribution >= 4 is 40.0 Å². The van der Waals surface area contributed by atoms with Crippen molar-refractivity contribution in [1.29, 1.82) is 0 Å². The van der Waals surface area contributed by atoms with Gasteiger partial charge in [-0.25, -0.2) is 0 Å². The Morgan fingerprint density at radius 3 is 2.85 bits per heavy atom. The van der Waals surface area contributed by atoms with Gasteiger partial charge in [0, 0.05) is 59.6 Å². The average molecular weight is 495 g/mol. The van der Waals surface area contributed by atoms with Gasteiger partial charge in [0.1, 0.15) is 6.10 Å². The Balaban J connectivity index is 1.32. The van der Waals surface area contributed by atoms with Crippen molar-refractivity contribution in [2.75, 3.05) is 26.2 Å². The number of amides is 1. The number of H-pyrrole nitrogens is 1. The maximum absolute atomic E-state index is 12.7. The van der Waals surface area contributed by atoms with E-state index in [0.29, 0.717) is 35.2 Å². The quantitative estimate of drug-likeness (QED) is 0.345. The molecule has 1 fully saturated rings. The molecule has 3 N–H and O–H groups in total.